The second kappa shape index (κ2) is 9.15. The second-order valence-electron chi connectivity index (χ2n) is 6.36. The zero-order valence-corrected chi connectivity index (χ0v) is 17.5. The number of furan rings is 2. The largest absolute Gasteiger partial charge is 0.463 e. The Kier molecular flexibility index (Phi) is 6.15. The average Bonchev–Trinajstić information content (AvgIpc) is 3.45. The Morgan fingerprint density at radius 2 is 1.80 bits per heavy atom. The summed E-state index contributed by atoms with van der Waals surface area (Å²) in [4.78, 5) is 16.8. The number of benzene rings is 1. The normalized spacial score (nSPS) is 10.9. The third kappa shape index (κ3) is 4.72. The molecule has 0 saturated carbocycles. The molecule has 0 atom stereocenters. The van der Waals surface area contributed by atoms with E-state index in [1.165, 1.54) is 11.8 Å². The van der Waals surface area contributed by atoms with Crippen LogP contribution >= 0.6 is 23.4 Å². The molecule has 0 aliphatic heterocycles. The fourth-order valence-corrected chi connectivity index (χ4v) is 3.57. The maximum Gasteiger partial charge on any atom is 0.225 e. The SMILES string of the molecule is Cc1ccc(NC(=O)CCSc2nnc(-c3ccco3)c(-c3ccco3)n2)cc1Cl. The monoisotopic (exact) mass is 440 g/mol. The topological polar surface area (TPSA) is 94.1 Å². The van der Waals surface area contributed by atoms with Gasteiger partial charge in [0.2, 0.25) is 11.1 Å². The average molecular weight is 441 g/mol. The number of rotatable bonds is 7. The van der Waals surface area contributed by atoms with Gasteiger partial charge in [0, 0.05) is 22.9 Å². The summed E-state index contributed by atoms with van der Waals surface area (Å²) in [7, 11) is 0. The number of carbonyl (C=O) groups is 1. The Morgan fingerprint density at radius 1 is 1.07 bits per heavy atom. The van der Waals surface area contributed by atoms with Gasteiger partial charge in [0.1, 0.15) is 5.69 Å². The van der Waals surface area contributed by atoms with Crippen LogP contribution < -0.4 is 5.32 Å². The molecule has 9 heteroatoms. The van der Waals surface area contributed by atoms with Crippen molar-refractivity contribution >= 4 is 35.0 Å². The molecule has 0 aliphatic rings. The van der Waals surface area contributed by atoms with Crippen molar-refractivity contribution < 1.29 is 13.6 Å². The van der Waals surface area contributed by atoms with E-state index in [1.807, 2.05) is 19.1 Å². The lowest BCUT2D eigenvalue weighted by molar-refractivity contribution is -0.115. The molecule has 3 heterocycles. The summed E-state index contributed by atoms with van der Waals surface area (Å²) in [6, 6.07) is 12.5. The van der Waals surface area contributed by atoms with Crippen LogP contribution in [0.3, 0.4) is 0 Å². The molecule has 0 spiro atoms. The van der Waals surface area contributed by atoms with Crippen LogP contribution in [0.15, 0.2) is 69.0 Å². The fourth-order valence-electron chi connectivity index (χ4n) is 2.67. The van der Waals surface area contributed by atoms with Gasteiger partial charge in [0.15, 0.2) is 17.2 Å². The van der Waals surface area contributed by atoms with Crippen molar-refractivity contribution in [3.8, 4) is 22.9 Å². The predicted molar refractivity (Wildman–Crippen MR) is 115 cm³/mol. The summed E-state index contributed by atoms with van der Waals surface area (Å²) < 4.78 is 10.9. The molecular formula is C21H17ClN4O3S. The van der Waals surface area contributed by atoms with E-state index in [0.717, 1.165) is 5.56 Å². The Hall–Kier alpha value is -3.10. The van der Waals surface area contributed by atoms with Gasteiger partial charge in [0.25, 0.3) is 0 Å². The van der Waals surface area contributed by atoms with Crippen molar-refractivity contribution in [3.63, 3.8) is 0 Å². The van der Waals surface area contributed by atoms with Crippen LogP contribution in [-0.2, 0) is 4.79 Å². The van der Waals surface area contributed by atoms with Crippen LogP contribution in [0.1, 0.15) is 12.0 Å². The molecular weight excluding hydrogens is 424 g/mol. The maximum atomic E-state index is 12.2. The minimum Gasteiger partial charge on any atom is -0.463 e. The third-order valence-corrected chi connectivity index (χ3v) is 5.44. The van der Waals surface area contributed by atoms with E-state index in [1.54, 1.807) is 42.9 Å². The van der Waals surface area contributed by atoms with Crippen molar-refractivity contribution in [2.75, 3.05) is 11.1 Å². The van der Waals surface area contributed by atoms with Crippen LogP contribution in [0.25, 0.3) is 22.9 Å². The summed E-state index contributed by atoms with van der Waals surface area (Å²) in [6.07, 6.45) is 3.42. The summed E-state index contributed by atoms with van der Waals surface area (Å²) in [5, 5.41) is 12.3. The molecule has 0 aliphatic carbocycles. The first-order chi connectivity index (χ1) is 14.6. The van der Waals surface area contributed by atoms with Gasteiger partial charge in [-0.1, -0.05) is 29.4 Å². The summed E-state index contributed by atoms with van der Waals surface area (Å²) in [5.41, 5.74) is 2.65. The number of aromatic nitrogens is 3. The first-order valence-electron chi connectivity index (χ1n) is 9.11. The molecule has 1 N–H and O–H groups in total. The number of nitrogens with one attached hydrogen (secondary N) is 1. The Balaban J connectivity index is 1.42. The van der Waals surface area contributed by atoms with Gasteiger partial charge in [-0.3, -0.25) is 4.79 Å². The Bertz CT molecular complexity index is 1150. The molecule has 4 rings (SSSR count). The molecule has 0 fully saturated rings. The van der Waals surface area contributed by atoms with E-state index in [4.69, 9.17) is 20.4 Å². The van der Waals surface area contributed by atoms with Gasteiger partial charge in [-0.05, 0) is 48.9 Å². The minimum atomic E-state index is -0.117. The van der Waals surface area contributed by atoms with Crippen LogP contribution in [0.2, 0.25) is 5.02 Å². The van der Waals surface area contributed by atoms with Crippen LogP contribution in [-0.4, -0.2) is 26.8 Å². The molecule has 7 nitrogen and oxygen atoms in total. The quantitative estimate of drug-likeness (QED) is 0.380. The molecule has 1 aromatic carbocycles. The molecule has 3 aromatic heterocycles. The number of aryl methyl sites for hydroxylation is 1. The van der Waals surface area contributed by atoms with Crippen LogP contribution in [0.5, 0.6) is 0 Å². The maximum absolute atomic E-state index is 12.2. The first kappa shape index (κ1) is 20.2. The number of hydrogen-bond donors (Lipinski definition) is 1. The predicted octanol–water partition coefficient (Wildman–Crippen LogP) is 5.47. The highest BCUT2D eigenvalue weighted by molar-refractivity contribution is 7.99. The van der Waals surface area contributed by atoms with Gasteiger partial charge < -0.3 is 14.2 Å². The zero-order valence-electron chi connectivity index (χ0n) is 16.0. The molecule has 0 radical (unpaired) electrons. The van der Waals surface area contributed by atoms with Crippen molar-refractivity contribution in [3.05, 3.63) is 65.6 Å². The van der Waals surface area contributed by atoms with Crippen molar-refractivity contribution in [2.45, 2.75) is 18.5 Å². The highest BCUT2D eigenvalue weighted by atomic mass is 35.5. The van der Waals surface area contributed by atoms with E-state index in [2.05, 4.69) is 20.5 Å². The summed E-state index contributed by atoms with van der Waals surface area (Å²) >= 11 is 7.43. The number of carbonyl (C=O) groups excluding carboxylic acids is 1. The van der Waals surface area contributed by atoms with Gasteiger partial charge >= 0.3 is 0 Å². The Labute approximate surface area is 181 Å². The van der Waals surface area contributed by atoms with Gasteiger partial charge in [0.05, 0.1) is 12.5 Å². The van der Waals surface area contributed by atoms with E-state index in [9.17, 15) is 4.79 Å². The van der Waals surface area contributed by atoms with Gasteiger partial charge in [-0.25, -0.2) is 4.98 Å². The molecule has 4 aromatic rings. The number of thioether (sulfide) groups is 1. The fraction of sp³-hybridized carbons (Fsp3) is 0.143. The first-order valence-corrected chi connectivity index (χ1v) is 10.5. The van der Waals surface area contributed by atoms with Crippen LogP contribution in [0.4, 0.5) is 5.69 Å². The van der Waals surface area contributed by atoms with E-state index in [-0.39, 0.29) is 12.3 Å². The lowest BCUT2D eigenvalue weighted by Gasteiger charge is -2.07. The Morgan fingerprint density at radius 3 is 2.47 bits per heavy atom. The van der Waals surface area contributed by atoms with Crippen molar-refractivity contribution in [1.29, 1.82) is 0 Å². The third-order valence-electron chi connectivity index (χ3n) is 4.19. The van der Waals surface area contributed by atoms with E-state index < -0.39 is 0 Å². The summed E-state index contributed by atoms with van der Waals surface area (Å²) in [6.45, 7) is 1.91. The van der Waals surface area contributed by atoms with Crippen molar-refractivity contribution in [2.24, 2.45) is 0 Å². The molecule has 0 unspecified atom stereocenters. The van der Waals surface area contributed by atoms with Crippen molar-refractivity contribution in [1.82, 2.24) is 15.2 Å². The van der Waals surface area contributed by atoms with E-state index in [0.29, 0.717) is 44.5 Å². The highest BCUT2D eigenvalue weighted by Crippen LogP contribution is 2.30. The molecule has 152 valence electrons. The van der Waals surface area contributed by atoms with E-state index >= 15 is 0 Å². The minimum absolute atomic E-state index is 0.117. The standard InChI is InChI=1S/C21H17ClN4O3S/c1-13-6-7-14(12-15(13)22)23-18(27)8-11-30-21-24-19(16-4-2-9-28-16)20(25-26-21)17-5-3-10-29-17/h2-7,9-10,12H,8,11H2,1H3,(H,23,27). The molecule has 30 heavy (non-hydrogen) atoms. The summed E-state index contributed by atoms with van der Waals surface area (Å²) in [5.74, 6) is 1.49. The smallest absolute Gasteiger partial charge is 0.225 e. The molecule has 0 bridgehead atoms. The zero-order chi connectivity index (χ0) is 20.9. The highest BCUT2D eigenvalue weighted by Gasteiger charge is 2.18. The number of halogens is 1. The lowest BCUT2D eigenvalue weighted by Crippen LogP contribution is -2.12. The number of anilines is 1. The van der Waals surface area contributed by atoms with Crippen LogP contribution in [0, 0.1) is 6.92 Å². The van der Waals surface area contributed by atoms with Gasteiger partial charge in [-0.15, -0.1) is 10.2 Å². The lowest BCUT2D eigenvalue weighted by atomic mass is 10.2. The number of nitrogens with zero attached hydrogens (tertiary/aromatic N) is 3. The number of hydrogen-bond acceptors (Lipinski definition) is 7. The molecule has 0 saturated heterocycles. The van der Waals surface area contributed by atoms with Gasteiger partial charge in [-0.2, -0.15) is 0 Å². The second-order valence-corrected chi connectivity index (χ2v) is 7.83. The molecule has 1 amide bonds. The number of amides is 1.